The molecule has 5 N–H and O–H groups in total. The summed E-state index contributed by atoms with van der Waals surface area (Å²) in [7, 11) is 0. The Labute approximate surface area is 316 Å². The number of halogens is 2. The van der Waals surface area contributed by atoms with Crippen LogP contribution >= 0.6 is 0 Å². The van der Waals surface area contributed by atoms with E-state index in [9.17, 15) is 23.8 Å². The number of fused-ring (bicyclic) bond motifs is 2. The normalized spacial score (nSPS) is 17.0. The number of alkyl carbamates (subject to hydrolysis) is 1. The van der Waals surface area contributed by atoms with Crippen molar-refractivity contribution in [3.05, 3.63) is 96.6 Å². The monoisotopic (exact) mass is 748 g/mol. The molecular formula is C41H42F2N8O4. The van der Waals surface area contributed by atoms with Gasteiger partial charge < -0.3 is 35.8 Å². The maximum absolute atomic E-state index is 14.0. The molecule has 55 heavy (non-hydrogen) atoms. The second-order valence-electron chi connectivity index (χ2n) is 14.7. The number of ether oxygens (including phenoxy) is 1. The predicted molar refractivity (Wildman–Crippen MR) is 208 cm³/mol. The number of nitrogens with one attached hydrogen (secondary N) is 1. The van der Waals surface area contributed by atoms with Gasteiger partial charge in [0.05, 0.1) is 28.2 Å². The van der Waals surface area contributed by atoms with Crippen LogP contribution in [-0.2, 0) is 4.74 Å². The van der Waals surface area contributed by atoms with Gasteiger partial charge in [-0.3, -0.25) is 0 Å². The number of phenols is 2. The molecule has 0 saturated carbocycles. The molecule has 0 radical (unpaired) electrons. The van der Waals surface area contributed by atoms with E-state index in [1.165, 1.54) is 24.3 Å². The molecule has 0 bridgehead atoms. The molecule has 0 unspecified atom stereocenters. The number of para-hydroxylation sites is 2. The van der Waals surface area contributed by atoms with Crippen molar-refractivity contribution in [3.8, 4) is 34.3 Å². The lowest BCUT2D eigenvalue weighted by Crippen LogP contribution is -2.40. The highest BCUT2D eigenvalue weighted by molar-refractivity contribution is 5.92. The molecule has 0 spiro atoms. The van der Waals surface area contributed by atoms with Gasteiger partial charge in [0.1, 0.15) is 40.4 Å². The van der Waals surface area contributed by atoms with Crippen molar-refractivity contribution >= 4 is 39.5 Å². The van der Waals surface area contributed by atoms with Gasteiger partial charge in [0.2, 0.25) is 0 Å². The van der Waals surface area contributed by atoms with Crippen LogP contribution in [0.2, 0.25) is 0 Å². The standard InChI is InChI=1S/C23H25FN4O3.C18H17FN4O/c1-23(2,3)31-22(30)25-15-10-11-28(13-15)21-17-12-14(24)8-9-18(17)26-20(27-21)16-6-4-5-7-19(16)29;19-11-5-6-15-14(9-11)18(23-8-7-12(20)10-23)22-17(21-15)13-3-1-2-4-16(13)24/h4-9,12,15,29H,10-11,13H2,1-3H3,(H,25,30);1-6,9,12,24H,7-8,10,20H2/t15-;12-/m11/s1. The third kappa shape index (κ3) is 8.49. The number of aromatic nitrogens is 4. The first-order valence-electron chi connectivity index (χ1n) is 18.1. The zero-order valence-electron chi connectivity index (χ0n) is 30.7. The second-order valence-corrected chi connectivity index (χ2v) is 14.7. The molecule has 2 atom stereocenters. The minimum Gasteiger partial charge on any atom is -0.507 e. The van der Waals surface area contributed by atoms with Gasteiger partial charge in [-0.25, -0.2) is 33.5 Å². The van der Waals surface area contributed by atoms with Gasteiger partial charge in [0, 0.05) is 43.0 Å². The van der Waals surface area contributed by atoms with Gasteiger partial charge in [0.15, 0.2) is 11.6 Å². The summed E-state index contributed by atoms with van der Waals surface area (Å²) in [6.07, 6.45) is 1.10. The summed E-state index contributed by atoms with van der Waals surface area (Å²) in [6.45, 7) is 8.01. The van der Waals surface area contributed by atoms with Crippen LogP contribution in [0, 0.1) is 11.6 Å². The molecule has 284 valence electrons. The third-order valence-corrected chi connectivity index (χ3v) is 9.30. The van der Waals surface area contributed by atoms with Crippen LogP contribution < -0.4 is 20.9 Å². The van der Waals surface area contributed by atoms with E-state index in [1.807, 2.05) is 31.7 Å². The predicted octanol–water partition coefficient (Wildman–Crippen LogP) is 6.92. The number of carbonyl (C=O) groups excluding carboxylic acids is 1. The average Bonchev–Trinajstić information content (AvgIpc) is 3.79. The van der Waals surface area contributed by atoms with E-state index in [0.717, 1.165) is 13.0 Å². The Kier molecular flexibility index (Phi) is 10.3. The fourth-order valence-electron chi connectivity index (χ4n) is 6.74. The molecule has 0 aliphatic carbocycles. The van der Waals surface area contributed by atoms with Crippen molar-refractivity contribution in [3.63, 3.8) is 0 Å². The maximum atomic E-state index is 14.0. The van der Waals surface area contributed by atoms with E-state index < -0.39 is 11.7 Å². The Morgan fingerprint density at radius 2 is 1.24 bits per heavy atom. The molecule has 2 saturated heterocycles. The molecule has 1 amide bonds. The molecule has 2 aliphatic heterocycles. The molecule has 6 aromatic rings. The number of aromatic hydroxyl groups is 2. The summed E-state index contributed by atoms with van der Waals surface area (Å²) in [5.74, 6) is 1.48. The quantitative estimate of drug-likeness (QED) is 0.145. The van der Waals surface area contributed by atoms with Crippen molar-refractivity contribution in [1.82, 2.24) is 25.3 Å². The lowest BCUT2D eigenvalue weighted by molar-refractivity contribution is 0.0509. The minimum absolute atomic E-state index is 0.0702. The largest absolute Gasteiger partial charge is 0.507 e. The molecule has 12 nitrogen and oxygen atoms in total. The second kappa shape index (κ2) is 15.3. The van der Waals surface area contributed by atoms with Crippen LogP contribution in [0.15, 0.2) is 84.9 Å². The molecule has 2 aliphatic rings. The summed E-state index contributed by atoms with van der Waals surface area (Å²) in [5, 5.41) is 24.5. The van der Waals surface area contributed by atoms with E-state index in [2.05, 4.69) is 30.2 Å². The van der Waals surface area contributed by atoms with Gasteiger partial charge in [-0.05, 0) is 94.3 Å². The van der Waals surface area contributed by atoms with Crippen LogP contribution in [0.1, 0.15) is 33.6 Å². The average molecular weight is 749 g/mol. The van der Waals surface area contributed by atoms with Gasteiger partial charge in [-0.2, -0.15) is 0 Å². The number of carbonyl (C=O) groups is 1. The number of amides is 1. The van der Waals surface area contributed by atoms with E-state index in [4.69, 9.17) is 10.5 Å². The van der Waals surface area contributed by atoms with Crippen molar-refractivity contribution < 1.29 is 28.5 Å². The van der Waals surface area contributed by atoms with Crippen molar-refractivity contribution in [2.24, 2.45) is 5.73 Å². The Balaban J connectivity index is 0.000000174. The maximum Gasteiger partial charge on any atom is 0.407 e. The number of anilines is 2. The number of hydrogen-bond donors (Lipinski definition) is 4. The Bertz CT molecular complexity index is 2370. The van der Waals surface area contributed by atoms with Crippen LogP contribution in [0.3, 0.4) is 0 Å². The van der Waals surface area contributed by atoms with E-state index >= 15 is 0 Å². The summed E-state index contributed by atoms with van der Waals surface area (Å²) in [6, 6.07) is 22.5. The molecule has 2 aromatic heterocycles. The lowest BCUT2D eigenvalue weighted by atomic mass is 10.1. The number of nitrogens with zero attached hydrogens (tertiary/aromatic N) is 6. The van der Waals surface area contributed by atoms with Crippen LogP contribution in [-0.4, -0.2) is 80.1 Å². The van der Waals surface area contributed by atoms with Crippen LogP contribution in [0.5, 0.6) is 11.5 Å². The van der Waals surface area contributed by atoms with Gasteiger partial charge in [-0.1, -0.05) is 24.3 Å². The highest BCUT2D eigenvalue weighted by atomic mass is 19.1. The lowest BCUT2D eigenvalue weighted by Gasteiger charge is -2.23. The number of hydrogen-bond acceptors (Lipinski definition) is 11. The van der Waals surface area contributed by atoms with Crippen LogP contribution in [0.4, 0.5) is 25.2 Å². The highest BCUT2D eigenvalue weighted by Gasteiger charge is 2.29. The summed E-state index contributed by atoms with van der Waals surface area (Å²) < 4.78 is 33.1. The number of benzene rings is 4. The topological polar surface area (TPSA) is 163 Å². The first-order chi connectivity index (χ1) is 26.3. The van der Waals surface area contributed by atoms with E-state index in [0.29, 0.717) is 82.3 Å². The highest BCUT2D eigenvalue weighted by Crippen LogP contribution is 2.35. The minimum atomic E-state index is -0.574. The fraction of sp³-hybridized carbons (Fsp3) is 0.293. The summed E-state index contributed by atoms with van der Waals surface area (Å²) in [5.41, 5.74) is 7.70. The SMILES string of the molecule is CC(C)(C)OC(=O)N[C@@H]1CCN(c2nc(-c3ccccc3O)nc3ccc(F)cc23)C1.N[C@@H]1CCN(c2nc(-c3ccccc3O)nc3ccc(F)cc23)C1. The molecule has 8 rings (SSSR count). The molecule has 14 heteroatoms. The Hall–Kier alpha value is -6.15. The molecular weight excluding hydrogens is 706 g/mol. The zero-order valence-corrected chi connectivity index (χ0v) is 30.7. The summed E-state index contributed by atoms with van der Waals surface area (Å²) in [4.78, 5) is 34.5. The molecule has 4 aromatic carbocycles. The van der Waals surface area contributed by atoms with Crippen LogP contribution in [0.25, 0.3) is 44.6 Å². The first-order valence-corrected chi connectivity index (χ1v) is 18.1. The Morgan fingerprint density at radius 3 is 1.71 bits per heavy atom. The fourth-order valence-corrected chi connectivity index (χ4v) is 6.74. The first kappa shape index (κ1) is 37.2. The van der Waals surface area contributed by atoms with E-state index in [1.54, 1.807) is 54.6 Å². The zero-order chi connectivity index (χ0) is 38.9. The molecule has 4 heterocycles. The summed E-state index contributed by atoms with van der Waals surface area (Å²) >= 11 is 0. The van der Waals surface area contributed by atoms with Crippen molar-refractivity contribution in [1.29, 1.82) is 0 Å². The smallest absolute Gasteiger partial charge is 0.407 e. The van der Waals surface area contributed by atoms with Crippen molar-refractivity contribution in [2.45, 2.75) is 51.3 Å². The van der Waals surface area contributed by atoms with E-state index in [-0.39, 0.29) is 35.2 Å². The molecule has 2 fully saturated rings. The Morgan fingerprint density at radius 1 is 0.745 bits per heavy atom. The third-order valence-electron chi connectivity index (χ3n) is 9.30. The van der Waals surface area contributed by atoms with Gasteiger partial charge >= 0.3 is 6.09 Å². The number of nitrogens with two attached hydrogens (primary N) is 1. The number of phenolic OH excluding ortho intramolecular Hbond substituents is 2. The van der Waals surface area contributed by atoms with Crippen molar-refractivity contribution in [2.75, 3.05) is 36.0 Å². The van der Waals surface area contributed by atoms with Gasteiger partial charge in [0.25, 0.3) is 0 Å². The number of rotatable bonds is 5. The van der Waals surface area contributed by atoms with Gasteiger partial charge in [-0.15, -0.1) is 0 Å².